The molecule has 0 aliphatic carbocycles. The molecule has 0 saturated carbocycles. The molecule has 47 heavy (non-hydrogen) atoms. The molecule has 0 atom stereocenters. The Kier molecular flexibility index (Phi) is 5.23. The summed E-state index contributed by atoms with van der Waals surface area (Å²) in [5.74, 6) is 0. The van der Waals surface area contributed by atoms with Crippen LogP contribution in [0, 0.1) is 0 Å². The van der Waals surface area contributed by atoms with Gasteiger partial charge in [0.2, 0.25) is 0 Å². The van der Waals surface area contributed by atoms with E-state index in [0.717, 1.165) is 93.7 Å². The molecule has 0 amide bonds. The van der Waals surface area contributed by atoms with E-state index in [1.54, 1.807) is 0 Å². The number of hydrogen-bond acceptors (Lipinski definition) is 3. The highest BCUT2D eigenvalue weighted by atomic mass is 16.3. The van der Waals surface area contributed by atoms with Gasteiger partial charge in [-0.1, -0.05) is 72.8 Å². The fourth-order valence-electron chi connectivity index (χ4n) is 7.60. The summed E-state index contributed by atoms with van der Waals surface area (Å²) in [7, 11) is 0. The van der Waals surface area contributed by atoms with Crippen molar-refractivity contribution in [2.75, 3.05) is 11.5 Å². The normalized spacial score (nSPS) is 12.0. The SMILES string of the molecule is Nc1ccc2c(c1)c1ccccc1n2-c1cccc(N)c1-c1ccc2c3c4oc5ccccc5c4ccc3n(-c3ccccc3)c2c1. The third-order valence-electron chi connectivity index (χ3n) is 9.59. The maximum absolute atomic E-state index is 6.90. The average Bonchev–Trinajstić information content (AvgIpc) is 3.75. The Balaban J connectivity index is 1.31. The second-order valence-electron chi connectivity index (χ2n) is 12.2. The molecule has 222 valence electrons. The van der Waals surface area contributed by atoms with Crippen molar-refractivity contribution in [1.82, 2.24) is 9.13 Å². The summed E-state index contributed by atoms with van der Waals surface area (Å²) in [6, 6.07) is 50.7. The van der Waals surface area contributed by atoms with Crippen LogP contribution in [0.25, 0.3) is 88.1 Å². The van der Waals surface area contributed by atoms with Crippen LogP contribution in [0.3, 0.4) is 0 Å². The summed E-state index contributed by atoms with van der Waals surface area (Å²) < 4.78 is 11.2. The zero-order valence-electron chi connectivity index (χ0n) is 25.3. The lowest BCUT2D eigenvalue weighted by Gasteiger charge is -2.17. The Bertz CT molecular complexity index is 2870. The van der Waals surface area contributed by atoms with Crippen LogP contribution in [0.1, 0.15) is 0 Å². The van der Waals surface area contributed by atoms with Crippen LogP contribution in [0.2, 0.25) is 0 Å². The van der Waals surface area contributed by atoms with E-state index >= 15 is 0 Å². The minimum atomic E-state index is 0.713. The number of aromatic nitrogens is 2. The summed E-state index contributed by atoms with van der Waals surface area (Å²) >= 11 is 0. The van der Waals surface area contributed by atoms with Crippen LogP contribution < -0.4 is 11.5 Å². The number of nitrogens with two attached hydrogens (primary N) is 2. The maximum Gasteiger partial charge on any atom is 0.145 e. The Morgan fingerprint density at radius 2 is 1.21 bits per heavy atom. The topological polar surface area (TPSA) is 75.0 Å². The second kappa shape index (κ2) is 9.52. The fourth-order valence-corrected chi connectivity index (χ4v) is 7.60. The number of rotatable bonds is 3. The molecule has 3 aromatic heterocycles. The summed E-state index contributed by atoms with van der Waals surface area (Å²) in [5.41, 5.74) is 24.9. The molecule has 0 radical (unpaired) electrons. The van der Waals surface area contributed by atoms with Gasteiger partial charge in [-0.2, -0.15) is 0 Å². The molecule has 0 spiro atoms. The molecule has 3 heterocycles. The lowest BCUT2D eigenvalue weighted by molar-refractivity contribution is 0.673. The van der Waals surface area contributed by atoms with Crippen LogP contribution >= 0.6 is 0 Å². The Morgan fingerprint density at radius 1 is 0.468 bits per heavy atom. The predicted octanol–water partition coefficient (Wildman–Crippen LogP) is 10.6. The van der Waals surface area contributed by atoms with Gasteiger partial charge in [-0.05, 0) is 78.4 Å². The molecule has 5 nitrogen and oxygen atoms in total. The standard InChI is InChI=1S/C42H28N4O/c43-26-18-21-35-32(24-26)28-11-4-6-14-34(28)46(35)36-15-8-13-33(44)40(36)25-17-19-31-38(23-25)45(27-9-2-1-3-10-27)37-22-20-30-29-12-5-7-16-39(29)47-42(30)41(31)37/h1-24H,43-44H2. The van der Waals surface area contributed by atoms with Crippen molar-refractivity contribution in [2.24, 2.45) is 0 Å². The van der Waals surface area contributed by atoms with Crippen molar-refractivity contribution in [1.29, 1.82) is 0 Å². The lowest BCUT2D eigenvalue weighted by Crippen LogP contribution is -2.01. The van der Waals surface area contributed by atoms with Crippen molar-refractivity contribution in [2.45, 2.75) is 0 Å². The van der Waals surface area contributed by atoms with Gasteiger partial charge < -0.3 is 25.0 Å². The molecule has 0 aliphatic heterocycles. The van der Waals surface area contributed by atoms with Crippen molar-refractivity contribution in [3.05, 3.63) is 146 Å². The lowest BCUT2D eigenvalue weighted by atomic mass is 9.99. The van der Waals surface area contributed by atoms with Gasteiger partial charge in [0.15, 0.2) is 0 Å². The van der Waals surface area contributed by atoms with Crippen molar-refractivity contribution >= 4 is 76.9 Å². The minimum Gasteiger partial charge on any atom is -0.455 e. The molecule has 0 bridgehead atoms. The van der Waals surface area contributed by atoms with Crippen LogP contribution in [-0.2, 0) is 0 Å². The third-order valence-corrected chi connectivity index (χ3v) is 9.59. The van der Waals surface area contributed by atoms with E-state index in [0.29, 0.717) is 5.69 Å². The number of benzene rings is 7. The number of nitrogens with zero attached hydrogens (tertiary/aromatic N) is 2. The highest BCUT2D eigenvalue weighted by Crippen LogP contribution is 2.44. The summed E-state index contributed by atoms with van der Waals surface area (Å²) in [5, 5.41) is 6.73. The van der Waals surface area contributed by atoms with E-state index in [-0.39, 0.29) is 0 Å². The second-order valence-corrected chi connectivity index (χ2v) is 12.2. The van der Waals surface area contributed by atoms with Gasteiger partial charge >= 0.3 is 0 Å². The first-order chi connectivity index (χ1) is 23.2. The minimum absolute atomic E-state index is 0.713. The number of fused-ring (bicyclic) bond motifs is 10. The maximum atomic E-state index is 6.90. The van der Waals surface area contributed by atoms with E-state index in [9.17, 15) is 0 Å². The third kappa shape index (κ3) is 3.59. The van der Waals surface area contributed by atoms with Crippen LogP contribution in [0.5, 0.6) is 0 Å². The molecular formula is C42H28N4O. The largest absolute Gasteiger partial charge is 0.455 e. The first-order valence-corrected chi connectivity index (χ1v) is 15.8. The van der Waals surface area contributed by atoms with Crippen LogP contribution in [0.15, 0.2) is 150 Å². The van der Waals surface area contributed by atoms with Gasteiger partial charge in [-0.25, -0.2) is 0 Å². The quantitative estimate of drug-likeness (QED) is 0.197. The van der Waals surface area contributed by atoms with E-state index in [1.165, 1.54) is 0 Å². The zero-order chi connectivity index (χ0) is 31.2. The van der Waals surface area contributed by atoms with E-state index < -0.39 is 0 Å². The number of anilines is 2. The van der Waals surface area contributed by atoms with E-state index in [2.05, 4.69) is 124 Å². The number of nitrogen functional groups attached to an aromatic ring is 2. The number of para-hydroxylation sites is 3. The van der Waals surface area contributed by atoms with Gasteiger partial charge in [-0.3, -0.25) is 0 Å². The van der Waals surface area contributed by atoms with Crippen molar-refractivity contribution in [3.8, 4) is 22.5 Å². The Hall–Kier alpha value is -6.46. The molecule has 0 fully saturated rings. The van der Waals surface area contributed by atoms with Crippen LogP contribution in [0.4, 0.5) is 11.4 Å². The summed E-state index contributed by atoms with van der Waals surface area (Å²) in [4.78, 5) is 0. The molecular weight excluding hydrogens is 576 g/mol. The molecule has 0 unspecified atom stereocenters. The number of hydrogen-bond donors (Lipinski definition) is 2. The molecule has 10 rings (SSSR count). The molecule has 0 saturated heterocycles. The van der Waals surface area contributed by atoms with Gasteiger partial charge in [-0.15, -0.1) is 0 Å². The average molecular weight is 605 g/mol. The molecule has 7 aromatic carbocycles. The summed E-state index contributed by atoms with van der Waals surface area (Å²) in [6.45, 7) is 0. The van der Waals surface area contributed by atoms with E-state index in [4.69, 9.17) is 15.9 Å². The van der Waals surface area contributed by atoms with Gasteiger partial charge in [0.1, 0.15) is 11.2 Å². The van der Waals surface area contributed by atoms with Gasteiger partial charge in [0, 0.05) is 49.6 Å². The first kappa shape index (κ1) is 25.8. The highest BCUT2D eigenvalue weighted by molar-refractivity contribution is 6.24. The zero-order valence-corrected chi connectivity index (χ0v) is 25.3. The monoisotopic (exact) mass is 604 g/mol. The van der Waals surface area contributed by atoms with Crippen LogP contribution in [-0.4, -0.2) is 9.13 Å². The van der Waals surface area contributed by atoms with Crippen molar-refractivity contribution < 1.29 is 4.42 Å². The first-order valence-electron chi connectivity index (χ1n) is 15.8. The molecule has 4 N–H and O–H groups in total. The molecule has 10 aromatic rings. The highest BCUT2D eigenvalue weighted by Gasteiger charge is 2.22. The summed E-state index contributed by atoms with van der Waals surface area (Å²) in [6.07, 6.45) is 0. The van der Waals surface area contributed by atoms with Gasteiger partial charge in [0.05, 0.1) is 33.1 Å². The Morgan fingerprint density at radius 3 is 2.11 bits per heavy atom. The number of furan rings is 1. The van der Waals surface area contributed by atoms with E-state index in [1.807, 2.05) is 30.3 Å². The fraction of sp³-hybridized carbons (Fsp3) is 0. The van der Waals surface area contributed by atoms with Crippen molar-refractivity contribution in [3.63, 3.8) is 0 Å². The molecule has 5 heteroatoms. The van der Waals surface area contributed by atoms with Gasteiger partial charge in [0.25, 0.3) is 0 Å². The predicted molar refractivity (Wildman–Crippen MR) is 197 cm³/mol. The Labute approximate surface area is 269 Å². The smallest absolute Gasteiger partial charge is 0.145 e. The molecule has 0 aliphatic rings.